The fourth-order valence-electron chi connectivity index (χ4n) is 3.31. The lowest BCUT2D eigenvalue weighted by atomic mass is 9.96. The van der Waals surface area contributed by atoms with Gasteiger partial charge in [-0.05, 0) is 18.1 Å². The highest BCUT2D eigenvalue weighted by atomic mass is 19.4. The van der Waals surface area contributed by atoms with Crippen LogP contribution in [0.5, 0.6) is 0 Å². The summed E-state index contributed by atoms with van der Waals surface area (Å²) in [7, 11) is 0. The van der Waals surface area contributed by atoms with Crippen LogP contribution in [0.15, 0.2) is 60.7 Å². The van der Waals surface area contributed by atoms with Gasteiger partial charge in [-0.25, -0.2) is 0 Å². The molecule has 3 rings (SSSR count). The van der Waals surface area contributed by atoms with Crippen molar-refractivity contribution in [2.45, 2.75) is 24.7 Å². The second-order valence-electron chi connectivity index (χ2n) is 6.16. The van der Waals surface area contributed by atoms with Crippen molar-refractivity contribution in [2.75, 3.05) is 6.54 Å². The van der Waals surface area contributed by atoms with Gasteiger partial charge in [-0.15, -0.1) is 0 Å². The predicted octanol–water partition coefficient (Wildman–Crippen LogP) is 3.64. The number of carbonyl (C=O) groups excluding carboxylic acids is 1. The van der Waals surface area contributed by atoms with Gasteiger partial charge in [0.05, 0.1) is 23.6 Å². The van der Waals surface area contributed by atoms with E-state index in [4.69, 9.17) is 0 Å². The zero-order valence-electron chi connectivity index (χ0n) is 13.4. The molecule has 1 saturated heterocycles. The Kier molecular flexibility index (Phi) is 4.81. The molecule has 1 heterocycles. The summed E-state index contributed by atoms with van der Waals surface area (Å²) in [6.45, 7) is 0.0291. The van der Waals surface area contributed by atoms with Crippen molar-refractivity contribution in [3.63, 3.8) is 0 Å². The number of hydrogen-bond acceptors (Lipinski definition) is 2. The van der Waals surface area contributed by atoms with E-state index in [2.05, 4.69) is 0 Å². The zero-order chi connectivity index (χ0) is 18.0. The summed E-state index contributed by atoms with van der Waals surface area (Å²) in [4.78, 5) is 14.2. The highest BCUT2D eigenvalue weighted by molar-refractivity contribution is 5.83. The highest BCUT2D eigenvalue weighted by Gasteiger charge is 2.42. The van der Waals surface area contributed by atoms with E-state index in [0.29, 0.717) is 0 Å². The number of aliphatic hydroxyl groups excluding tert-OH is 1. The summed E-state index contributed by atoms with van der Waals surface area (Å²) >= 11 is 0. The Labute approximate surface area is 143 Å². The van der Waals surface area contributed by atoms with Crippen molar-refractivity contribution in [3.05, 3.63) is 71.8 Å². The molecule has 1 aromatic rings. The number of allylic oxidation sites excluding steroid dienone is 4. The number of alkyl halides is 3. The molecule has 2 atom stereocenters. The molecule has 1 aliphatic carbocycles. The molecule has 0 aromatic heterocycles. The van der Waals surface area contributed by atoms with E-state index in [1.54, 1.807) is 36.5 Å². The number of hydrogen-bond donors (Lipinski definition) is 1. The number of amides is 1. The number of likely N-dealkylation sites (tertiary alicyclic amines) is 1. The normalized spacial score (nSPS) is 23.9. The van der Waals surface area contributed by atoms with Crippen LogP contribution in [0.25, 0.3) is 0 Å². The van der Waals surface area contributed by atoms with Gasteiger partial charge in [-0.3, -0.25) is 4.79 Å². The monoisotopic (exact) mass is 349 g/mol. The number of benzene rings is 1. The van der Waals surface area contributed by atoms with E-state index in [9.17, 15) is 23.1 Å². The first kappa shape index (κ1) is 17.5. The van der Waals surface area contributed by atoms with Gasteiger partial charge in [0, 0.05) is 6.54 Å². The molecule has 3 nitrogen and oxygen atoms in total. The van der Waals surface area contributed by atoms with Gasteiger partial charge in [-0.2, -0.15) is 13.2 Å². The largest absolute Gasteiger partial charge is 0.416 e. The summed E-state index contributed by atoms with van der Waals surface area (Å²) in [5, 5.41) is 10.0. The van der Waals surface area contributed by atoms with E-state index in [1.807, 2.05) is 0 Å². The van der Waals surface area contributed by atoms with Crippen LogP contribution in [0.4, 0.5) is 13.2 Å². The number of β-amino-alcohol motifs (C(OH)–C–C–N with tert-alkyl or cyclic N) is 1. The van der Waals surface area contributed by atoms with E-state index in [1.165, 1.54) is 23.1 Å². The second-order valence-corrected chi connectivity index (χ2v) is 6.16. The van der Waals surface area contributed by atoms with E-state index in [0.717, 1.165) is 6.07 Å². The van der Waals surface area contributed by atoms with Gasteiger partial charge < -0.3 is 10.0 Å². The first-order chi connectivity index (χ1) is 11.9. The van der Waals surface area contributed by atoms with Crippen molar-refractivity contribution in [1.82, 2.24) is 4.90 Å². The van der Waals surface area contributed by atoms with Crippen molar-refractivity contribution in [3.8, 4) is 0 Å². The molecule has 0 spiro atoms. The molecule has 0 bridgehead atoms. The van der Waals surface area contributed by atoms with Gasteiger partial charge >= 0.3 is 6.18 Å². The summed E-state index contributed by atoms with van der Waals surface area (Å²) in [6, 6.07) is 4.45. The van der Waals surface area contributed by atoms with Gasteiger partial charge in [0.2, 0.25) is 5.91 Å². The Morgan fingerprint density at radius 1 is 1.08 bits per heavy atom. The molecular formula is C19H18F3NO2. The summed E-state index contributed by atoms with van der Waals surface area (Å²) in [5.74, 6) is -0.865. The fraction of sp³-hybridized carbons (Fsp3) is 0.316. The number of aliphatic hydroxyl groups is 1. The molecule has 1 fully saturated rings. The minimum Gasteiger partial charge on any atom is -0.391 e. The predicted molar refractivity (Wildman–Crippen MR) is 87.4 cm³/mol. The molecular weight excluding hydrogens is 331 g/mol. The molecule has 1 amide bonds. The first-order valence-corrected chi connectivity index (χ1v) is 8.04. The Balaban J connectivity index is 1.94. The third kappa shape index (κ3) is 3.69. The summed E-state index contributed by atoms with van der Waals surface area (Å²) in [6.07, 6.45) is 5.15. The molecule has 1 aromatic carbocycles. The van der Waals surface area contributed by atoms with Crippen LogP contribution >= 0.6 is 0 Å². The van der Waals surface area contributed by atoms with Gasteiger partial charge in [0.1, 0.15) is 0 Å². The number of carbonyl (C=O) groups is 1. The van der Waals surface area contributed by atoms with Crippen molar-refractivity contribution >= 4 is 5.91 Å². The van der Waals surface area contributed by atoms with Gasteiger partial charge in [0.25, 0.3) is 0 Å². The molecule has 2 unspecified atom stereocenters. The zero-order valence-corrected chi connectivity index (χ0v) is 13.4. The van der Waals surface area contributed by atoms with Crippen LogP contribution < -0.4 is 0 Å². The SMILES string of the molecule is O=C(C1C=CC=CC=C1)N1CC(O)CC1c1ccccc1C(F)(F)F. The summed E-state index contributed by atoms with van der Waals surface area (Å²) < 4.78 is 40.0. The molecule has 0 radical (unpaired) electrons. The van der Waals surface area contributed by atoms with Crippen LogP contribution in [-0.4, -0.2) is 28.6 Å². The number of rotatable bonds is 2. The molecule has 0 saturated carbocycles. The quantitative estimate of drug-likeness (QED) is 0.886. The Morgan fingerprint density at radius 3 is 2.36 bits per heavy atom. The third-order valence-electron chi connectivity index (χ3n) is 4.44. The lowest BCUT2D eigenvalue weighted by molar-refractivity contribution is -0.140. The minimum atomic E-state index is -4.51. The Hall–Kier alpha value is -2.34. The minimum absolute atomic E-state index is 0.0274. The molecule has 1 aliphatic heterocycles. The second kappa shape index (κ2) is 6.88. The maximum absolute atomic E-state index is 13.3. The lowest BCUT2D eigenvalue weighted by Crippen LogP contribution is -2.36. The number of nitrogens with zero attached hydrogens (tertiary/aromatic N) is 1. The fourth-order valence-corrected chi connectivity index (χ4v) is 3.31. The van der Waals surface area contributed by atoms with Crippen molar-refractivity contribution in [2.24, 2.45) is 5.92 Å². The van der Waals surface area contributed by atoms with Crippen LogP contribution in [0.2, 0.25) is 0 Å². The van der Waals surface area contributed by atoms with Crippen molar-refractivity contribution < 1.29 is 23.1 Å². The number of halogens is 3. The van der Waals surface area contributed by atoms with Gasteiger partial charge in [0.15, 0.2) is 0 Å². The van der Waals surface area contributed by atoms with E-state index < -0.39 is 29.8 Å². The van der Waals surface area contributed by atoms with Crippen LogP contribution in [-0.2, 0) is 11.0 Å². The van der Waals surface area contributed by atoms with Crippen LogP contribution in [0.3, 0.4) is 0 Å². The average Bonchev–Trinajstić information content (AvgIpc) is 2.78. The van der Waals surface area contributed by atoms with Crippen LogP contribution in [0, 0.1) is 5.92 Å². The highest BCUT2D eigenvalue weighted by Crippen LogP contribution is 2.41. The topological polar surface area (TPSA) is 40.5 Å². The smallest absolute Gasteiger partial charge is 0.391 e. The Morgan fingerprint density at radius 2 is 1.72 bits per heavy atom. The first-order valence-electron chi connectivity index (χ1n) is 8.04. The molecule has 25 heavy (non-hydrogen) atoms. The van der Waals surface area contributed by atoms with Gasteiger partial charge in [-0.1, -0.05) is 54.7 Å². The molecule has 2 aliphatic rings. The maximum atomic E-state index is 13.3. The molecule has 6 heteroatoms. The van der Waals surface area contributed by atoms with E-state index >= 15 is 0 Å². The maximum Gasteiger partial charge on any atom is 0.416 e. The standard InChI is InChI=1S/C19H18F3NO2/c20-19(21,22)16-10-6-5-9-15(16)17-11-14(24)12-23(17)18(25)13-7-3-1-2-4-8-13/h1-10,13-14,17,24H,11-12H2. The summed E-state index contributed by atoms with van der Waals surface area (Å²) in [5.41, 5.74) is -0.736. The van der Waals surface area contributed by atoms with Crippen LogP contribution in [0.1, 0.15) is 23.6 Å². The Bertz CT molecular complexity index is 720. The van der Waals surface area contributed by atoms with E-state index in [-0.39, 0.29) is 24.4 Å². The lowest BCUT2D eigenvalue weighted by Gasteiger charge is -2.28. The third-order valence-corrected chi connectivity index (χ3v) is 4.44. The molecule has 1 N–H and O–H groups in total. The van der Waals surface area contributed by atoms with Crippen molar-refractivity contribution in [1.29, 1.82) is 0 Å². The molecule has 132 valence electrons. The average molecular weight is 349 g/mol.